The molecule has 0 aliphatic carbocycles. The molecule has 1 nitrogen and oxygen atoms in total. The lowest BCUT2D eigenvalue weighted by molar-refractivity contribution is 0.387. The van der Waals surface area contributed by atoms with Crippen LogP contribution in [0.5, 0.6) is 0 Å². The van der Waals surface area contributed by atoms with Gasteiger partial charge in [0.15, 0.2) is 0 Å². The first-order valence-electron chi connectivity index (χ1n) is 3.98. The molecule has 0 heterocycles. The van der Waals surface area contributed by atoms with Crippen LogP contribution < -0.4 is 5.30 Å². The molecule has 64 valence electrons. The Hall–Kier alpha value is -0.650. The van der Waals surface area contributed by atoms with Crippen LogP contribution in [0.15, 0.2) is 42.7 Å². The molecule has 0 amide bonds. The van der Waals surface area contributed by atoms with Crippen molar-refractivity contribution in [2.75, 3.05) is 6.61 Å². The van der Waals surface area contributed by atoms with Crippen LogP contribution in [0.2, 0.25) is 0 Å². The van der Waals surface area contributed by atoms with Gasteiger partial charge in [-0.2, -0.15) is 0 Å². The van der Waals surface area contributed by atoms with Crippen molar-refractivity contribution in [3.8, 4) is 0 Å². The zero-order valence-corrected chi connectivity index (χ0v) is 8.13. The number of hydrogen-bond donors (Lipinski definition) is 0. The van der Waals surface area contributed by atoms with E-state index in [-0.39, 0.29) is 0 Å². The highest BCUT2D eigenvalue weighted by Gasteiger charge is 2.04. The van der Waals surface area contributed by atoms with E-state index in [1.54, 1.807) is 0 Å². The van der Waals surface area contributed by atoms with Crippen molar-refractivity contribution in [1.29, 1.82) is 0 Å². The van der Waals surface area contributed by atoms with Crippen molar-refractivity contribution in [3.63, 3.8) is 0 Å². The van der Waals surface area contributed by atoms with E-state index in [1.165, 1.54) is 5.30 Å². The molecule has 1 rings (SSSR count). The van der Waals surface area contributed by atoms with Crippen LogP contribution in [0.25, 0.3) is 0 Å². The Labute approximate surface area is 74.9 Å². The predicted octanol–water partition coefficient (Wildman–Crippen LogP) is 2.89. The number of rotatable bonds is 4. The van der Waals surface area contributed by atoms with Crippen molar-refractivity contribution in [3.05, 3.63) is 42.7 Å². The highest BCUT2D eigenvalue weighted by atomic mass is 31.1. The number of benzene rings is 1. The summed E-state index contributed by atoms with van der Waals surface area (Å²) in [6.45, 7) is 6.50. The van der Waals surface area contributed by atoms with E-state index in [1.807, 2.05) is 30.9 Å². The summed E-state index contributed by atoms with van der Waals surface area (Å²) in [5, 5.41) is 1.23. The van der Waals surface area contributed by atoms with Crippen LogP contribution in [0, 0.1) is 0 Å². The average Bonchev–Trinajstić information content (AvgIpc) is 2.15. The largest absolute Gasteiger partial charge is 0.351 e. The summed E-state index contributed by atoms with van der Waals surface area (Å²) in [6, 6.07) is 10.2. The van der Waals surface area contributed by atoms with Crippen molar-refractivity contribution in [2.45, 2.75) is 6.92 Å². The van der Waals surface area contributed by atoms with Gasteiger partial charge in [0.1, 0.15) is 0 Å². The fraction of sp³-hybridized carbons (Fsp3) is 0.200. The van der Waals surface area contributed by atoms with E-state index in [0.29, 0.717) is 0 Å². The predicted molar refractivity (Wildman–Crippen MR) is 54.8 cm³/mol. The summed E-state index contributed by atoms with van der Waals surface area (Å²) >= 11 is 0. The minimum Gasteiger partial charge on any atom is -0.351 e. The smallest absolute Gasteiger partial charge is 0.0837 e. The molecule has 0 aliphatic rings. The fourth-order valence-corrected chi connectivity index (χ4v) is 2.16. The van der Waals surface area contributed by atoms with E-state index >= 15 is 0 Å². The Morgan fingerprint density at radius 3 is 2.58 bits per heavy atom. The molecule has 2 heteroatoms. The van der Waals surface area contributed by atoms with Gasteiger partial charge in [0.2, 0.25) is 0 Å². The molecular weight excluding hydrogens is 167 g/mol. The molecule has 0 saturated carbocycles. The van der Waals surface area contributed by atoms with E-state index in [2.05, 4.69) is 18.7 Å². The zero-order chi connectivity index (χ0) is 8.81. The lowest BCUT2D eigenvalue weighted by Gasteiger charge is -2.11. The van der Waals surface area contributed by atoms with Crippen LogP contribution in [0.3, 0.4) is 0 Å². The summed E-state index contributed by atoms with van der Waals surface area (Å²) in [6.07, 6.45) is 0. The van der Waals surface area contributed by atoms with Gasteiger partial charge >= 0.3 is 0 Å². The molecule has 1 atom stereocenters. The standard InChI is InChI=1S/C10H13OP/c1-3-11-12(4-2)10-8-6-5-7-9-10/h4-9H,2-3H2,1H3. The van der Waals surface area contributed by atoms with Crippen LogP contribution in [-0.2, 0) is 4.52 Å². The van der Waals surface area contributed by atoms with Gasteiger partial charge in [0, 0.05) is 11.9 Å². The Morgan fingerprint density at radius 1 is 1.42 bits per heavy atom. The molecule has 12 heavy (non-hydrogen) atoms. The molecule has 1 aromatic rings. The maximum atomic E-state index is 5.52. The minimum absolute atomic E-state index is 0.590. The lowest BCUT2D eigenvalue weighted by atomic mass is 10.4. The highest BCUT2D eigenvalue weighted by molar-refractivity contribution is 7.63. The van der Waals surface area contributed by atoms with Gasteiger partial charge in [0.05, 0.1) is 8.15 Å². The van der Waals surface area contributed by atoms with Gasteiger partial charge < -0.3 is 4.52 Å². The Balaban J connectivity index is 2.73. The van der Waals surface area contributed by atoms with Crippen molar-refractivity contribution in [1.82, 2.24) is 0 Å². The molecule has 0 bridgehead atoms. The monoisotopic (exact) mass is 180 g/mol. The lowest BCUT2D eigenvalue weighted by Crippen LogP contribution is -1.99. The normalized spacial score (nSPS) is 12.4. The number of hydrogen-bond acceptors (Lipinski definition) is 1. The maximum Gasteiger partial charge on any atom is 0.0837 e. The maximum absolute atomic E-state index is 5.52. The molecule has 0 N–H and O–H groups in total. The van der Waals surface area contributed by atoms with Gasteiger partial charge in [-0.25, -0.2) is 0 Å². The third-order valence-electron chi connectivity index (χ3n) is 1.44. The second-order valence-corrected chi connectivity index (χ2v) is 4.05. The third kappa shape index (κ3) is 2.44. The molecule has 0 aromatic heterocycles. The van der Waals surface area contributed by atoms with Gasteiger partial charge in [-0.05, 0) is 12.7 Å². The SMILES string of the molecule is C=CP(OCC)c1ccccc1. The molecule has 0 spiro atoms. The first kappa shape index (κ1) is 9.44. The summed E-state index contributed by atoms with van der Waals surface area (Å²) < 4.78 is 5.52. The molecule has 0 fully saturated rings. The van der Waals surface area contributed by atoms with Gasteiger partial charge in [-0.1, -0.05) is 36.9 Å². The second-order valence-electron chi connectivity index (χ2n) is 2.26. The second kappa shape index (κ2) is 5.08. The first-order chi connectivity index (χ1) is 5.88. The van der Waals surface area contributed by atoms with E-state index in [4.69, 9.17) is 4.52 Å². The van der Waals surface area contributed by atoms with Gasteiger partial charge in [0.25, 0.3) is 0 Å². The Kier molecular flexibility index (Phi) is 3.99. The molecule has 0 radical (unpaired) electrons. The molecular formula is C10H13OP. The quantitative estimate of drug-likeness (QED) is 0.647. The minimum atomic E-state index is -0.590. The Bertz CT molecular complexity index is 233. The van der Waals surface area contributed by atoms with E-state index < -0.39 is 8.15 Å². The van der Waals surface area contributed by atoms with Crippen LogP contribution in [0.1, 0.15) is 6.92 Å². The third-order valence-corrected chi connectivity index (χ3v) is 3.12. The molecule has 0 saturated heterocycles. The fourth-order valence-electron chi connectivity index (χ4n) is 0.947. The molecule has 1 aromatic carbocycles. The Morgan fingerprint density at radius 2 is 2.08 bits per heavy atom. The van der Waals surface area contributed by atoms with Crippen molar-refractivity contribution >= 4 is 13.5 Å². The first-order valence-corrected chi connectivity index (χ1v) is 5.31. The van der Waals surface area contributed by atoms with Crippen LogP contribution >= 0.6 is 8.15 Å². The van der Waals surface area contributed by atoms with Gasteiger partial charge in [-0.15, -0.1) is 0 Å². The van der Waals surface area contributed by atoms with Crippen LogP contribution in [-0.4, -0.2) is 6.61 Å². The van der Waals surface area contributed by atoms with E-state index in [9.17, 15) is 0 Å². The molecule has 0 aliphatic heterocycles. The summed E-state index contributed by atoms with van der Waals surface area (Å²) in [7, 11) is -0.590. The van der Waals surface area contributed by atoms with Crippen LogP contribution in [0.4, 0.5) is 0 Å². The highest BCUT2D eigenvalue weighted by Crippen LogP contribution is 2.35. The molecule has 1 unspecified atom stereocenters. The van der Waals surface area contributed by atoms with E-state index in [0.717, 1.165) is 6.61 Å². The van der Waals surface area contributed by atoms with Gasteiger partial charge in [-0.3, -0.25) is 0 Å². The summed E-state index contributed by atoms with van der Waals surface area (Å²) in [5.74, 6) is 1.88. The topological polar surface area (TPSA) is 9.23 Å². The van der Waals surface area contributed by atoms with Crippen molar-refractivity contribution in [2.24, 2.45) is 0 Å². The summed E-state index contributed by atoms with van der Waals surface area (Å²) in [4.78, 5) is 0. The van der Waals surface area contributed by atoms with Crippen molar-refractivity contribution < 1.29 is 4.52 Å². The summed E-state index contributed by atoms with van der Waals surface area (Å²) in [5.41, 5.74) is 0. The average molecular weight is 180 g/mol. The zero-order valence-electron chi connectivity index (χ0n) is 7.23.